The van der Waals surface area contributed by atoms with Gasteiger partial charge in [0.2, 0.25) is 5.91 Å². The highest BCUT2D eigenvalue weighted by atomic mass is 32.1. The number of carboxylic acids is 1. The average Bonchev–Trinajstić information content (AvgIpc) is 3.20. The Balaban J connectivity index is 1.88. The molecule has 1 atom stereocenters. The summed E-state index contributed by atoms with van der Waals surface area (Å²) in [5, 5.41) is 13.8. The Bertz CT molecular complexity index is 1390. The molecule has 32 heavy (non-hydrogen) atoms. The van der Waals surface area contributed by atoms with Crippen LogP contribution in [0.4, 0.5) is 5.69 Å². The molecule has 2 aromatic heterocycles. The molecule has 0 fully saturated rings. The highest BCUT2D eigenvalue weighted by Gasteiger charge is 2.26. The molecule has 0 aliphatic heterocycles. The van der Waals surface area contributed by atoms with Gasteiger partial charge in [0.15, 0.2) is 0 Å². The summed E-state index contributed by atoms with van der Waals surface area (Å²) in [7, 11) is 0. The molecule has 2 heterocycles. The largest absolute Gasteiger partial charge is 0.478 e. The molecule has 0 bridgehead atoms. The van der Waals surface area contributed by atoms with Gasteiger partial charge < -0.3 is 10.4 Å². The highest BCUT2D eigenvalue weighted by molar-refractivity contribution is 7.17. The van der Waals surface area contributed by atoms with Crippen molar-refractivity contribution in [1.82, 2.24) is 9.55 Å². The van der Waals surface area contributed by atoms with Gasteiger partial charge in [-0.1, -0.05) is 47.5 Å². The van der Waals surface area contributed by atoms with Crippen LogP contribution in [0.15, 0.2) is 58.7 Å². The Kier molecular flexibility index (Phi) is 5.63. The molecular weight excluding hydrogens is 426 g/mol. The second kappa shape index (κ2) is 8.39. The molecule has 1 unspecified atom stereocenters. The fraction of sp³-hybridized carbons (Fsp3) is 0.167. The van der Waals surface area contributed by atoms with Gasteiger partial charge in [-0.3, -0.25) is 14.2 Å². The number of carbonyl (C=O) groups is 2. The third-order valence-corrected chi connectivity index (χ3v) is 6.14. The number of benzene rings is 2. The van der Waals surface area contributed by atoms with E-state index >= 15 is 0 Å². The van der Waals surface area contributed by atoms with Crippen LogP contribution < -0.4 is 10.9 Å². The Morgan fingerprint density at radius 1 is 1.03 bits per heavy atom. The predicted octanol–water partition coefficient (Wildman–Crippen LogP) is 4.64. The van der Waals surface area contributed by atoms with E-state index in [4.69, 9.17) is 0 Å². The van der Waals surface area contributed by atoms with E-state index in [9.17, 15) is 19.5 Å². The molecule has 0 aliphatic rings. The topological polar surface area (TPSA) is 101 Å². The van der Waals surface area contributed by atoms with Crippen LogP contribution in [0.25, 0.3) is 21.6 Å². The van der Waals surface area contributed by atoms with Crippen molar-refractivity contribution in [3.8, 4) is 11.4 Å². The summed E-state index contributed by atoms with van der Waals surface area (Å²) >= 11 is 1.10. The molecule has 2 aromatic carbocycles. The summed E-state index contributed by atoms with van der Waals surface area (Å²) in [6, 6.07) is 13.8. The van der Waals surface area contributed by atoms with E-state index in [1.807, 2.05) is 50.2 Å². The average molecular weight is 448 g/mol. The lowest BCUT2D eigenvalue weighted by Gasteiger charge is -2.19. The van der Waals surface area contributed by atoms with Gasteiger partial charge in [-0.2, -0.15) is 0 Å². The number of hydrogen-bond donors (Lipinski definition) is 2. The number of carbonyl (C=O) groups excluding carboxylic acids is 1. The minimum atomic E-state index is -1.21. The number of aromatic nitrogens is 2. The number of carboxylic acid groups (broad SMARTS) is 1. The lowest BCUT2D eigenvalue weighted by Crippen LogP contribution is -2.33. The van der Waals surface area contributed by atoms with Crippen molar-refractivity contribution in [1.29, 1.82) is 0 Å². The van der Waals surface area contributed by atoms with Gasteiger partial charge in [0.25, 0.3) is 5.56 Å². The minimum absolute atomic E-state index is 0.00773. The molecule has 2 N–H and O–H groups in total. The fourth-order valence-electron chi connectivity index (χ4n) is 3.43. The number of aryl methyl sites for hydroxylation is 2. The van der Waals surface area contributed by atoms with Crippen molar-refractivity contribution in [2.45, 2.75) is 26.8 Å². The van der Waals surface area contributed by atoms with Gasteiger partial charge >= 0.3 is 5.97 Å². The van der Waals surface area contributed by atoms with E-state index in [1.54, 1.807) is 19.1 Å². The standard InChI is InChI=1S/C24H21N3O4S/c1-13-4-8-16(9-5-13)20-26-22-19(18(12-32-22)24(30)31)23(29)27(20)15(3)21(28)25-17-10-6-14(2)7-11-17/h4-12,15H,1-3H3,(H,25,28)(H,30,31). The zero-order valence-electron chi connectivity index (χ0n) is 17.7. The summed E-state index contributed by atoms with van der Waals surface area (Å²) in [4.78, 5) is 43.2. The summed E-state index contributed by atoms with van der Waals surface area (Å²) in [6.45, 7) is 5.50. The highest BCUT2D eigenvalue weighted by Crippen LogP contribution is 2.28. The number of aromatic carboxylic acids is 1. The molecule has 0 aliphatic carbocycles. The van der Waals surface area contributed by atoms with E-state index in [-0.39, 0.29) is 10.9 Å². The first-order chi connectivity index (χ1) is 15.3. The Morgan fingerprint density at radius 2 is 1.62 bits per heavy atom. The van der Waals surface area contributed by atoms with Crippen molar-refractivity contribution in [2.75, 3.05) is 5.32 Å². The quantitative estimate of drug-likeness (QED) is 0.464. The second-order valence-electron chi connectivity index (χ2n) is 7.64. The number of thiophene rings is 1. The fourth-order valence-corrected chi connectivity index (χ4v) is 4.33. The monoisotopic (exact) mass is 447 g/mol. The van der Waals surface area contributed by atoms with Crippen molar-refractivity contribution in [3.63, 3.8) is 0 Å². The van der Waals surface area contributed by atoms with Crippen LogP contribution in [0.1, 0.15) is 34.5 Å². The zero-order valence-corrected chi connectivity index (χ0v) is 18.6. The van der Waals surface area contributed by atoms with Crippen molar-refractivity contribution < 1.29 is 14.7 Å². The SMILES string of the molecule is Cc1ccc(NC(=O)C(C)n2c(-c3ccc(C)cc3)nc3scc(C(=O)O)c3c2=O)cc1. The van der Waals surface area contributed by atoms with Gasteiger partial charge in [0.05, 0.1) is 10.9 Å². The van der Waals surface area contributed by atoms with E-state index < -0.39 is 23.5 Å². The second-order valence-corrected chi connectivity index (χ2v) is 8.50. The molecule has 0 saturated carbocycles. The molecule has 4 aromatic rings. The van der Waals surface area contributed by atoms with Crippen LogP contribution in [0.2, 0.25) is 0 Å². The molecule has 0 radical (unpaired) electrons. The van der Waals surface area contributed by atoms with E-state index in [0.717, 1.165) is 22.5 Å². The van der Waals surface area contributed by atoms with Gasteiger partial charge in [0.1, 0.15) is 16.7 Å². The van der Waals surface area contributed by atoms with Crippen molar-refractivity contribution in [3.05, 3.63) is 81.0 Å². The summed E-state index contributed by atoms with van der Waals surface area (Å²) in [5.41, 5.74) is 2.69. The number of nitrogens with zero attached hydrogens (tertiary/aromatic N) is 2. The number of anilines is 1. The molecule has 162 valence electrons. The van der Waals surface area contributed by atoms with Crippen LogP contribution in [-0.4, -0.2) is 26.5 Å². The molecule has 7 nitrogen and oxygen atoms in total. The van der Waals surface area contributed by atoms with Crippen molar-refractivity contribution in [2.24, 2.45) is 0 Å². The maximum Gasteiger partial charge on any atom is 0.337 e. The number of hydrogen-bond acceptors (Lipinski definition) is 5. The predicted molar refractivity (Wildman–Crippen MR) is 126 cm³/mol. The molecule has 4 rings (SSSR count). The van der Waals surface area contributed by atoms with Crippen LogP contribution in [0.5, 0.6) is 0 Å². The van der Waals surface area contributed by atoms with E-state index in [2.05, 4.69) is 10.3 Å². The van der Waals surface area contributed by atoms with Crippen LogP contribution >= 0.6 is 11.3 Å². The Labute approximate surface area is 188 Å². The number of amides is 1. The zero-order chi connectivity index (χ0) is 23.0. The first kappa shape index (κ1) is 21.5. The minimum Gasteiger partial charge on any atom is -0.478 e. The molecule has 8 heteroatoms. The smallest absolute Gasteiger partial charge is 0.337 e. The maximum absolute atomic E-state index is 13.5. The van der Waals surface area contributed by atoms with E-state index in [1.165, 1.54) is 9.95 Å². The summed E-state index contributed by atoms with van der Waals surface area (Å²) in [5.74, 6) is -1.30. The number of nitrogens with one attached hydrogen (secondary N) is 1. The third kappa shape index (κ3) is 3.92. The lowest BCUT2D eigenvalue weighted by molar-refractivity contribution is -0.118. The summed E-state index contributed by atoms with van der Waals surface area (Å²) in [6.07, 6.45) is 0. The lowest BCUT2D eigenvalue weighted by atomic mass is 10.1. The van der Waals surface area contributed by atoms with Gasteiger partial charge in [0, 0.05) is 16.6 Å². The third-order valence-electron chi connectivity index (χ3n) is 5.27. The van der Waals surface area contributed by atoms with E-state index in [0.29, 0.717) is 21.9 Å². The molecule has 0 spiro atoms. The number of rotatable bonds is 5. The van der Waals surface area contributed by atoms with Gasteiger partial charge in [-0.05, 0) is 32.9 Å². The van der Waals surface area contributed by atoms with Gasteiger partial charge in [-0.25, -0.2) is 9.78 Å². The first-order valence-electron chi connectivity index (χ1n) is 9.98. The maximum atomic E-state index is 13.5. The first-order valence-corrected chi connectivity index (χ1v) is 10.9. The molecule has 0 saturated heterocycles. The van der Waals surface area contributed by atoms with Crippen LogP contribution in [0.3, 0.4) is 0 Å². The molecule has 1 amide bonds. The van der Waals surface area contributed by atoms with Crippen LogP contribution in [0, 0.1) is 13.8 Å². The Hall–Kier alpha value is -3.78. The number of fused-ring (bicyclic) bond motifs is 1. The molecular formula is C24H21N3O4S. The van der Waals surface area contributed by atoms with Gasteiger partial charge in [-0.15, -0.1) is 11.3 Å². The van der Waals surface area contributed by atoms with Crippen LogP contribution in [-0.2, 0) is 4.79 Å². The summed E-state index contributed by atoms with van der Waals surface area (Å²) < 4.78 is 1.27. The van der Waals surface area contributed by atoms with Crippen molar-refractivity contribution >= 4 is 39.1 Å². The Morgan fingerprint density at radius 3 is 2.22 bits per heavy atom. The normalized spacial score (nSPS) is 12.0.